The summed E-state index contributed by atoms with van der Waals surface area (Å²) in [4.78, 5) is 10.8. The summed E-state index contributed by atoms with van der Waals surface area (Å²) in [6.45, 7) is -0.0212. The summed E-state index contributed by atoms with van der Waals surface area (Å²) in [6.07, 6.45) is 0.0418. The summed E-state index contributed by atoms with van der Waals surface area (Å²) in [5.74, 6) is -0.259. The lowest BCUT2D eigenvalue weighted by molar-refractivity contribution is -0.120. The van der Waals surface area contributed by atoms with E-state index in [0.29, 0.717) is 0 Å². The molecule has 1 aromatic rings. The molecule has 0 bridgehead atoms. The number of rotatable bonds is 5. The zero-order valence-corrected chi connectivity index (χ0v) is 11.3. The van der Waals surface area contributed by atoms with Crippen molar-refractivity contribution in [2.75, 3.05) is 19.3 Å². The van der Waals surface area contributed by atoms with Crippen LogP contribution in [-0.4, -0.2) is 27.9 Å². The highest BCUT2D eigenvalue weighted by Crippen LogP contribution is 2.26. The number of hydrogen-bond acceptors (Lipinski definition) is 4. The molecule has 1 rings (SSSR count). The number of carbonyl (C=O) groups is 1. The molecule has 1 aromatic carbocycles. The van der Waals surface area contributed by atoms with E-state index in [4.69, 9.17) is 17.3 Å². The normalized spacial score (nSPS) is 11.2. The molecule has 0 heterocycles. The third-order valence-electron chi connectivity index (χ3n) is 2.19. The van der Waals surface area contributed by atoms with Gasteiger partial charge in [-0.05, 0) is 12.1 Å². The minimum atomic E-state index is -3.81. The summed E-state index contributed by atoms with van der Waals surface area (Å²) < 4.78 is 26.1. The van der Waals surface area contributed by atoms with Gasteiger partial charge in [0.2, 0.25) is 15.9 Å². The average Bonchev–Trinajstić information content (AvgIpc) is 2.27. The second kappa shape index (κ2) is 6.03. The van der Waals surface area contributed by atoms with E-state index in [1.807, 2.05) is 0 Å². The fourth-order valence-corrected chi connectivity index (χ4v) is 3.01. The predicted molar refractivity (Wildman–Crippen MR) is 69.7 cm³/mol. The van der Waals surface area contributed by atoms with Crippen LogP contribution in [0.1, 0.15) is 6.42 Å². The quantitative estimate of drug-likeness (QED) is 0.681. The van der Waals surface area contributed by atoms with Gasteiger partial charge in [-0.15, -0.1) is 0 Å². The third kappa shape index (κ3) is 3.59. The first kappa shape index (κ1) is 14.7. The molecule has 0 aliphatic carbocycles. The lowest BCUT2D eigenvalue weighted by Crippen LogP contribution is -2.29. The van der Waals surface area contributed by atoms with E-state index in [9.17, 15) is 13.2 Å². The van der Waals surface area contributed by atoms with Crippen molar-refractivity contribution >= 4 is 33.2 Å². The van der Waals surface area contributed by atoms with E-state index in [2.05, 4.69) is 10.0 Å². The van der Waals surface area contributed by atoms with Crippen molar-refractivity contribution in [2.24, 2.45) is 0 Å². The Hall–Kier alpha value is -1.31. The van der Waals surface area contributed by atoms with Crippen LogP contribution < -0.4 is 15.8 Å². The maximum absolute atomic E-state index is 11.9. The summed E-state index contributed by atoms with van der Waals surface area (Å²) in [6, 6.07) is 4.44. The molecule has 0 saturated carbocycles. The number of nitrogen functional groups attached to an aromatic ring is 1. The smallest absolute Gasteiger partial charge is 0.244 e. The van der Waals surface area contributed by atoms with Crippen LogP contribution in [0.25, 0.3) is 0 Å². The van der Waals surface area contributed by atoms with Gasteiger partial charge in [0.25, 0.3) is 0 Å². The van der Waals surface area contributed by atoms with Gasteiger partial charge >= 0.3 is 0 Å². The Balaban J connectivity index is 2.84. The molecule has 6 nitrogen and oxygen atoms in total. The Morgan fingerprint density at radius 2 is 2.11 bits per heavy atom. The van der Waals surface area contributed by atoms with Crippen LogP contribution in [0.2, 0.25) is 5.02 Å². The minimum absolute atomic E-state index is 0.0212. The van der Waals surface area contributed by atoms with Crippen molar-refractivity contribution in [3.05, 3.63) is 23.2 Å². The molecule has 100 valence electrons. The number of halogens is 1. The lowest BCUT2D eigenvalue weighted by atomic mass is 10.3. The standard InChI is InChI=1S/C10H14ClN3O3S/c1-13-9(15)5-6-14-18(16,17)10-7(11)3-2-4-8(10)12/h2-4,14H,5-6,12H2,1H3,(H,13,15). The largest absolute Gasteiger partial charge is 0.398 e. The number of hydrogen-bond donors (Lipinski definition) is 3. The minimum Gasteiger partial charge on any atom is -0.398 e. The van der Waals surface area contributed by atoms with Crippen molar-refractivity contribution in [3.63, 3.8) is 0 Å². The molecule has 1 amide bonds. The van der Waals surface area contributed by atoms with E-state index in [0.717, 1.165) is 0 Å². The second-order valence-electron chi connectivity index (χ2n) is 3.48. The van der Waals surface area contributed by atoms with Gasteiger partial charge < -0.3 is 11.1 Å². The molecule has 0 aliphatic rings. The topological polar surface area (TPSA) is 101 Å². The van der Waals surface area contributed by atoms with Gasteiger partial charge in [0.1, 0.15) is 4.90 Å². The van der Waals surface area contributed by atoms with E-state index >= 15 is 0 Å². The van der Waals surface area contributed by atoms with Gasteiger partial charge in [-0.1, -0.05) is 17.7 Å². The molecule has 18 heavy (non-hydrogen) atoms. The number of sulfonamides is 1. The van der Waals surface area contributed by atoms with Gasteiger partial charge in [-0.25, -0.2) is 13.1 Å². The van der Waals surface area contributed by atoms with Crippen molar-refractivity contribution in [2.45, 2.75) is 11.3 Å². The number of nitrogens with two attached hydrogens (primary N) is 1. The molecule has 0 saturated heterocycles. The Morgan fingerprint density at radius 3 is 2.67 bits per heavy atom. The van der Waals surface area contributed by atoms with Crippen LogP contribution in [-0.2, 0) is 14.8 Å². The highest BCUT2D eigenvalue weighted by molar-refractivity contribution is 7.89. The van der Waals surface area contributed by atoms with Crippen molar-refractivity contribution in [3.8, 4) is 0 Å². The third-order valence-corrected chi connectivity index (χ3v) is 4.19. The zero-order chi connectivity index (χ0) is 13.8. The van der Waals surface area contributed by atoms with Crippen LogP contribution >= 0.6 is 11.6 Å². The molecule has 0 aromatic heterocycles. The van der Waals surface area contributed by atoms with E-state index in [-0.39, 0.29) is 34.5 Å². The molecule has 0 spiro atoms. The summed E-state index contributed by atoms with van der Waals surface area (Å²) in [7, 11) is -2.34. The molecule has 8 heteroatoms. The van der Waals surface area contributed by atoms with Gasteiger partial charge in [0.05, 0.1) is 10.7 Å². The van der Waals surface area contributed by atoms with Gasteiger partial charge in [-0.3, -0.25) is 4.79 Å². The SMILES string of the molecule is CNC(=O)CCNS(=O)(=O)c1c(N)cccc1Cl. The Morgan fingerprint density at radius 1 is 1.44 bits per heavy atom. The molecule has 0 fully saturated rings. The Bertz CT molecular complexity index is 525. The predicted octanol–water partition coefficient (Wildman–Crippen LogP) is 0.337. The molecular formula is C10H14ClN3O3S. The van der Waals surface area contributed by atoms with Crippen molar-refractivity contribution < 1.29 is 13.2 Å². The molecule has 0 aliphatic heterocycles. The second-order valence-corrected chi connectivity index (χ2v) is 5.59. The molecule has 0 atom stereocenters. The van der Waals surface area contributed by atoms with E-state index in [1.165, 1.54) is 19.2 Å². The summed E-state index contributed by atoms with van der Waals surface area (Å²) in [5.41, 5.74) is 5.65. The van der Waals surface area contributed by atoms with Crippen LogP contribution in [0.4, 0.5) is 5.69 Å². The first-order valence-electron chi connectivity index (χ1n) is 5.12. The average molecular weight is 292 g/mol. The number of nitrogens with one attached hydrogen (secondary N) is 2. The highest BCUT2D eigenvalue weighted by Gasteiger charge is 2.20. The zero-order valence-electron chi connectivity index (χ0n) is 9.73. The fourth-order valence-electron chi connectivity index (χ4n) is 1.31. The van der Waals surface area contributed by atoms with Gasteiger partial charge in [0, 0.05) is 20.0 Å². The molecule has 4 N–H and O–H groups in total. The number of amides is 1. The lowest BCUT2D eigenvalue weighted by Gasteiger charge is -2.10. The van der Waals surface area contributed by atoms with Crippen molar-refractivity contribution in [1.29, 1.82) is 0 Å². The maximum atomic E-state index is 11.9. The van der Waals surface area contributed by atoms with Crippen LogP contribution in [0, 0.1) is 0 Å². The first-order chi connectivity index (χ1) is 8.38. The van der Waals surface area contributed by atoms with E-state index < -0.39 is 10.0 Å². The Labute approximate surface area is 111 Å². The highest BCUT2D eigenvalue weighted by atomic mass is 35.5. The van der Waals surface area contributed by atoms with Crippen molar-refractivity contribution in [1.82, 2.24) is 10.0 Å². The summed E-state index contributed by atoms with van der Waals surface area (Å²) >= 11 is 5.80. The molecule has 0 radical (unpaired) electrons. The molecular weight excluding hydrogens is 278 g/mol. The van der Waals surface area contributed by atoms with Crippen LogP contribution in [0.3, 0.4) is 0 Å². The number of carbonyl (C=O) groups excluding carboxylic acids is 1. The fraction of sp³-hybridized carbons (Fsp3) is 0.300. The molecule has 0 unspecified atom stereocenters. The Kier molecular flexibility index (Phi) is 4.94. The maximum Gasteiger partial charge on any atom is 0.244 e. The van der Waals surface area contributed by atoms with Crippen LogP contribution in [0.5, 0.6) is 0 Å². The monoisotopic (exact) mass is 291 g/mol. The van der Waals surface area contributed by atoms with Gasteiger partial charge in [0.15, 0.2) is 0 Å². The van der Waals surface area contributed by atoms with E-state index in [1.54, 1.807) is 6.07 Å². The van der Waals surface area contributed by atoms with Crippen LogP contribution in [0.15, 0.2) is 23.1 Å². The van der Waals surface area contributed by atoms with Gasteiger partial charge in [-0.2, -0.15) is 0 Å². The number of benzene rings is 1. The summed E-state index contributed by atoms with van der Waals surface area (Å²) in [5, 5.41) is 2.43. The number of anilines is 1. The first-order valence-corrected chi connectivity index (χ1v) is 6.99.